The van der Waals surface area contributed by atoms with Gasteiger partial charge in [0.15, 0.2) is 6.61 Å². The predicted molar refractivity (Wildman–Crippen MR) is 95.6 cm³/mol. The molecular formula is C18H16BrN3O2. The zero-order valence-electron chi connectivity index (χ0n) is 13.1. The number of amides is 1. The summed E-state index contributed by atoms with van der Waals surface area (Å²) < 4.78 is 6.60. The van der Waals surface area contributed by atoms with Crippen LogP contribution in [0.15, 0.2) is 59.3 Å². The van der Waals surface area contributed by atoms with Gasteiger partial charge in [0.05, 0.1) is 10.9 Å². The standard InChI is InChI=1S/C18H16BrN3O2/c1-22(10-13-6-2-4-8-15(13)19)17(23)11-24-18-14-7-3-5-9-16(14)20-12-21-18/h2-9,12H,10-11H2,1H3. The van der Waals surface area contributed by atoms with Crippen LogP contribution in [0.25, 0.3) is 10.9 Å². The second-order valence-electron chi connectivity index (χ2n) is 5.33. The van der Waals surface area contributed by atoms with Gasteiger partial charge in [0.2, 0.25) is 5.88 Å². The zero-order chi connectivity index (χ0) is 16.9. The summed E-state index contributed by atoms with van der Waals surface area (Å²) in [4.78, 5) is 22.2. The minimum absolute atomic E-state index is 0.0675. The molecule has 0 N–H and O–H groups in total. The monoisotopic (exact) mass is 385 g/mol. The smallest absolute Gasteiger partial charge is 0.260 e. The van der Waals surface area contributed by atoms with Gasteiger partial charge in [0, 0.05) is 18.1 Å². The number of rotatable bonds is 5. The highest BCUT2D eigenvalue weighted by atomic mass is 79.9. The first-order chi connectivity index (χ1) is 11.6. The fraction of sp³-hybridized carbons (Fsp3) is 0.167. The van der Waals surface area contributed by atoms with Gasteiger partial charge in [-0.2, -0.15) is 0 Å². The molecule has 0 saturated heterocycles. The van der Waals surface area contributed by atoms with E-state index in [1.807, 2.05) is 48.5 Å². The van der Waals surface area contributed by atoms with Gasteiger partial charge >= 0.3 is 0 Å². The van der Waals surface area contributed by atoms with Crippen molar-refractivity contribution in [3.05, 3.63) is 64.9 Å². The fourth-order valence-electron chi connectivity index (χ4n) is 2.31. The van der Waals surface area contributed by atoms with Crippen LogP contribution in [-0.2, 0) is 11.3 Å². The van der Waals surface area contributed by atoms with Crippen molar-refractivity contribution in [3.63, 3.8) is 0 Å². The van der Waals surface area contributed by atoms with Crippen molar-refractivity contribution in [3.8, 4) is 5.88 Å². The summed E-state index contributed by atoms with van der Waals surface area (Å²) in [5, 5.41) is 0.793. The van der Waals surface area contributed by atoms with Crippen LogP contribution in [0.1, 0.15) is 5.56 Å². The Morgan fingerprint density at radius 1 is 1.12 bits per heavy atom. The quantitative estimate of drug-likeness (QED) is 0.674. The van der Waals surface area contributed by atoms with E-state index in [-0.39, 0.29) is 12.5 Å². The normalized spacial score (nSPS) is 10.6. The van der Waals surface area contributed by atoms with Crippen LogP contribution in [0.4, 0.5) is 0 Å². The Morgan fingerprint density at radius 2 is 1.88 bits per heavy atom. The number of hydrogen-bond acceptors (Lipinski definition) is 4. The molecule has 0 aliphatic heterocycles. The van der Waals surface area contributed by atoms with Crippen molar-refractivity contribution in [2.45, 2.75) is 6.54 Å². The van der Waals surface area contributed by atoms with Crippen LogP contribution in [0.3, 0.4) is 0 Å². The number of halogens is 1. The molecule has 1 aromatic heterocycles. The number of aromatic nitrogens is 2. The number of likely N-dealkylation sites (N-methyl/N-ethyl adjacent to an activating group) is 1. The van der Waals surface area contributed by atoms with Gasteiger partial charge in [0.1, 0.15) is 6.33 Å². The summed E-state index contributed by atoms with van der Waals surface area (Å²) in [6.07, 6.45) is 1.44. The van der Waals surface area contributed by atoms with E-state index in [1.165, 1.54) is 6.33 Å². The SMILES string of the molecule is CN(Cc1ccccc1Br)C(=O)COc1ncnc2ccccc12. The molecule has 0 bridgehead atoms. The molecule has 0 radical (unpaired) electrons. The van der Waals surface area contributed by atoms with Gasteiger partial charge in [0.25, 0.3) is 5.91 Å². The third kappa shape index (κ3) is 3.71. The van der Waals surface area contributed by atoms with Crippen LogP contribution in [0.2, 0.25) is 0 Å². The number of fused-ring (bicyclic) bond motifs is 1. The van der Waals surface area contributed by atoms with E-state index in [2.05, 4.69) is 25.9 Å². The van der Waals surface area contributed by atoms with Gasteiger partial charge in [-0.3, -0.25) is 4.79 Å². The van der Waals surface area contributed by atoms with Crippen molar-refractivity contribution in [1.82, 2.24) is 14.9 Å². The molecule has 0 aliphatic rings. The highest BCUT2D eigenvalue weighted by molar-refractivity contribution is 9.10. The molecule has 2 aromatic carbocycles. The van der Waals surface area contributed by atoms with Gasteiger partial charge in [-0.05, 0) is 23.8 Å². The molecule has 1 amide bonds. The molecule has 3 rings (SSSR count). The maximum Gasteiger partial charge on any atom is 0.260 e. The summed E-state index contributed by atoms with van der Waals surface area (Å²) in [7, 11) is 1.75. The number of para-hydroxylation sites is 1. The van der Waals surface area contributed by atoms with Crippen LogP contribution in [-0.4, -0.2) is 34.4 Å². The lowest BCUT2D eigenvalue weighted by Crippen LogP contribution is -2.31. The molecule has 0 saturated carbocycles. The molecule has 6 heteroatoms. The van der Waals surface area contributed by atoms with E-state index in [0.717, 1.165) is 20.9 Å². The molecule has 0 unspecified atom stereocenters. The molecule has 122 valence electrons. The average Bonchev–Trinajstić information content (AvgIpc) is 2.61. The summed E-state index contributed by atoms with van der Waals surface area (Å²) in [6, 6.07) is 15.4. The minimum Gasteiger partial charge on any atom is -0.467 e. The Hall–Kier alpha value is -2.47. The molecular weight excluding hydrogens is 370 g/mol. The number of nitrogens with zero attached hydrogens (tertiary/aromatic N) is 3. The number of carbonyl (C=O) groups excluding carboxylic acids is 1. The first-order valence-corrected chi connectivity index (χ1v) is 8.24. The molecule has 5 nitrogen and oxygen atoms in total. The number of carbonyl (C=O) groups is 1. The van der Waals surface area contributed by atoms with Crippen LogP contribution < -0.4 is 4.74 Å². The van der Waals surface area contributed by atoms with Gasteiger partial charge < -0.3 is 9.64 Å². The van der Waals surface area contributed by atoms with Gasteiger partial charge in [-0.15, -0.1) is 0 Å². The first kappa shape index (κ1) is 16.4. The van der Waals surface area contributed by atoms with E-state index in [1.54, 1.807) is 11.9 Å². The van der Waals surface area contributed by atoms with Gasteiger partial charge in [-0.25, -0.2) is 9.97 Å². The number of hydrogen-bond donors (Lipinski definition) is 0. The second-order valence-corrected chi connectivity index (χ2v) is 6.18. The molecule has 0 fully saturated rings. The van der Waals surface area contributed by atoms with Gasteiger partial charge in [-0.1, -0.05) is 46.3 Å². The highest BCUT2D eigenvalue weighted by Crippen LogP contribution is 2.21. The first-order valence-electron chi connectivity index (χ1n) is 7.45. The summed E-state index contributed by atoms with van der Waals surface area (Å²) in [6.45, 7) is 0.441. The minimum atomic E-state index is -0.117. The Balaban J connectivity index is 1.65. The van der Waals surface area contributed by atoms with Crippen molar-refractivity contribution in [2.24, 2.45) is 0 Å². The van der Waals surface area contributed by atoms with Crippen molar-refractivity contribution in [1.29, 1.82) is 0 Å². The topological polar surface area (TPSA) is 55.3 Å². The number of ether oxygens (including phenoxy) is 1. The molecule has 3 aromatic rings. The molecule has 0 aliphatic carbocycles. The number of benzene rings is 2. The summed E-state index contributed by atoms with van der Waals surface area (Å²) in [5.74, 6) is 0.302. The maximum atomic E-state index is 12.3. The molecule has 24 heavy (non-hydrogen) atoms. The van der Waals surface area contributed by atoms with Crippen LogP contribution in [0.5, 0.6) is 5.88 Å². The van der Waals surface area contributed by atoms with Crippen molar-refractivity contribution in [2.75, 3.05) is 13.7 Å². The Bertz CT molecular complexity index is 864. The Labute approximate surface area is 148 Å². The molecule has 1 heterocycles. The fourth-order valence-corrected chi connectivity index (χ4v) is 2.72. The summed E-state index contributed by atoms with van der Waals surface area (Å²) in [5.41, 5.74) is 1.83. The Morgan fingerprint density at radius 3 is 2.71 bits per heavy atom. The molecule has 0 spiro atoms. The van der Waals surface area contributed by atoms with Crippen molar-refractivity contribution < 1.29 is 9.53 Å². The lowest BCUT2D eigenvalue weighted by molar-refractivity contribution is -0.132. The third-order valence-electron chi connectivity index (χ3n) is 3.63. The predicted octanol–water partition coefficient (Wildman–Crippen LogP) is 3.43. The third-order valence-corrected chi connectivity index (χ3v) is 4.40. The summed E-state index contributed by atoms with van der Waals surface area (Å²) >= 11 is 3.49. The van der Waals surface area contributed by atoms with E-state index < -0.39 is 0 Å². The lowest BCUT2D eigenvalue weighted by Gasteiger charge is -2.18. The maximum absolute atomic E-state index is 12.3. The van der Waals surface area contributed by atoms with Crippen LogP contribution in [0, 0.1) is 0 Å². The lowest BCUT2D eigenvalue weighted by atomic mass is 10.2. The highest BCUT2D eigenvalue weighted by Gasteiger charge is 2.13. The van der Waals surface area contributed by atoms with E-state index in [9.17, 15) is 4.79 Å². The average molecular weight is 386 g/mol. The Kier molecular flexibility index (Phi) is 5.05. The zero-order valence-corrected chi connectivity index (χ0v) is 14.7. The van der Waals surface area contributed by atoms with E-state index in [0.29, 0.717) is 12.4 Å². The van der Waals surface area contributed by atoms with E-state index >= 15 is 0 Å². The second kappa shape index (κ2) is 7.40. The van der Waals surface area contributed by atoms with E-state index in [4.69, 9.17) is 4.74 Å². The van der Waals surface area contributed by atoms with Crippen LogP contribution >= 0.6 is 15.9 Å². The van der Waals surface area contributed by atoms with Crippen molar-refractivity contribution >= 4 is 32.7 Å². The largest absolute Gasteiger partial charge is 0.467 e. The molecule has 0 atom stereocenters.